The van der Waals surface area contributed by atoms with Crippen LogP contribution in [0.1, 0.15) is 47.4 Å². The number of phenols is 1. The Hall–Kier alpha value is -1.84. The molecule has 17 heavy (non-hydrogen) atoms. The maximum atomic E-state index is 11.7. The van der Waals surface area contributed by atoms with Crippen molar-refractivity contribution in [1.29, 1.82) is 0 Å². The number of carbonyl (C=O) groups excluding carboxylic acids is 2. The van der Waals surface area contributed by atoms with E-state index in [2.05, 4.69) is 0 Å². The summed E-state index contributed by atoms with van der Waals surface area (Å²) in [6.07, 6.45) is 0.349. The molecule has 1 aliphatic carbocycles. The summed E-state index contributed by atoms with van der Waals surface area (Å²) in [7, 11) is 0. The van der Waals surface area contributed by atoms with Crippen molar-refractivity contribution in [3.05, 3.63) is 28.8 Å². The van der Waals surface area contributed by atoms with Gasteiger partial charge in [0.1, 0.15) is 11.9 Å². The van der Waals surface area contributed by atoms with Crippen molar-refractivity contribution in [3.8, 4) is 5.75 Å². The third kappa shape index (κ3) is 2.16. The van der Waals surface area contributed by atoms with Gasteiger partial charge in [0.15, 0.2) is 5.78 Å². The number of hydrogen-bond donors (Lipinski definition) is 1. The third-order valence-electron chi connectivity index (χ3n) is 2.86. The minimum atomic E-state index is -0.425. The number of benzene rings is 1. The van der Waals surface area contributed by atoms with Crippen molar-refractivity contribution < 1.29 is 19.4 Å². The van der Waals surface area contributed by atoms with Gasteiger partial charge in [0.2, 0.25) is 0 Å². The zero-order valence-electron chi connectivity index (χ0n) is 9.82. The van der Waals surface area contributed by atoms with Crippen LogP contribution in [-0.4, -0.2) is 16.9 Å². The Balaban J connectivity index is 2.51. The van der Waals surface area contributed by atoms with Crippen molar-refractivity contribution >= 4 is 11.8 Å². The molecule has 1 N–H and O–H groups in total. The molecule has 1 aromatic rings. The van der Waals surface area contributed by atoms with Gasteiger partial charge < -0.3 is 9.84 Å². The van der Waals surface area contributed by atoms with Crippen LogP contribution in [0.5, 0.6) is 5.75 Å². The molecule has 0 saturated heterocycles. The Morgan fingerprint density at radius 1 is 1.47 bits per heavy atom. The van der Waals surface area contributed by atoms with E-state index in [-0.39, 0.29) is 17.5 Å². The van der Waals surface area contributed by atoms with Crippen LogP contribution in [0.15, 0.2) is 12.1 Å². The van der Waals surface area contributed by atoms with E-state index >= 15 is 0 Å². The predicted octanol–water partition coefficient (Wildman–Crippen LogP) is 2.28. The molecule has 0 saturated carbocycles. The Bertz CT molecular complexity index is 490. The van der Waals surface area contributed by atoms with Crippen molar-refractivity contribution in [1.82, 2.24) is 0 Å². The van der Waals surface area contributed by atoms with E-state index in [1.807, 2.05) is 6.92 Å². The van der Waals surface area contributed by atoms with Crippen LogP contribution >= 0.6 is 0 Å². The lowest BCUT2D eigenvalue weighted by Gasteiger charge is -2.25. The molecular weight excluding hydrogens is 220 g/mol. The minimum absolute atomic E-state index is 0.0261. The number of carbonyl (C=O) groups is 2. The van der Waals surface area contributed by atoms with Crippen LogP contribution in [0, 0.1) is 6.92 Å². The summed E-state index contributed by atoms with van der Waals surface area (Å²) < 4.78 is 5.17. The summed E-state index contributed by atoms with van der Waals surface area (Å²) in [5.41, 5.74) is 1.76. The normalized spacial score (nSPS) is 18.7. The van der Waals surface area contributed by atoms with E-state index in [1.165, 1.54) is 6.92 Å². The van der Waals surface area contributed by atoms with E-state index in [0.717, 1.165) is 5.56 Å². The molecule has 0 aliphatic heterocycles. The zero-order chi connectivity index (χ0) is 12.6. The van der Waals surface area contributed by atoms with Crippen LogP contribution in [0.4, 0.5) is 0 Å². The molecule has 0 aromatic heterocycles. The van der Waals surface area contributed by atoms with Gasteiger partial charge in [-0.15, -0.1) is 0 Å². The van der Waals surface area contributed by atoms with E-state index in [4.69, 9.17) is 4.74 Å². The van der Waals surface area contributed by atoms with Crippen molar-refractivity contribution in [2.45, 2.75) is 32.8 Å². The molecule has 1 aliphatic rings. The van der Waals surface area contributed by atoms with Crippen LogP contribution in [0.3, 0.4) is 0 Å². The number of esters is 1. The van der Waals surface area contributed by atoms with Gasteiger partial charge in [0.05, 0.1) is 5.56 Å². The number of hydrogen-bond acceptors (Lipinski definition) is 4. The summed E-state index contributed by atoms with van der Waals surface area (Å²) in [6.45, 7) is 3.16. The smallest absolute Gasteiger partial charge is 0.303 e. The first-order chi connectivity index (χ1) is 7.99. The van der Waals surface area contributed by atoms with E-state index < -0.39 is 6.10 Å². The van der Waals surface area contributed by atoms with Gasteiger partial charge in [0, 0.05) is 18.9 Å². The maximum absolute atomic E-state index is 11.7. The highest BCUT2D eigenvalue weighted by Gasteiger charge is 2.30. The number of fused-ring (bicyclic) bond motifs is 1. The van der Waals surface area contributed by atoms with Crippen LogP contribution in [-0.2, 0) is 9.53 Å². The second-order valence-electron chi connectivity index (χ2n) is 4.31. The largest absolute Gasteiger partial charge is 0.507 e. The highest BCUT2D eigenvalue weighted by Crippen LogP contribution is 2.37. The Labute approximate surface area is 99.2 Å². The molecule has 2 rings (SSSR count). The number of aryl methyl sites for hydroxylation is 1. The summed E-state index contributed by atoms with van der Waals surface area (Å²) in [5.74, 6) is -0.501. The molecule has 0 amide bonds. The van der Waals surface area contributed by atoms with Crippen molar-refractivity contribution in [2.75, 3.05) is 0 Å². The number of ether oxygens (including phenoxy) is 1. The first-order valence-electron chi connectivity index (χ1n) is 5.53. The molecule has 0 spiro atoms. The standard InChI is InChI=1S/C13H14O4/c1-7-5-9-12(17-8(2)14)4-3-10(15)13(9)11(16)6-7/h5-6,12,16H,3-4H2,1-2H3. The average Bonchev–Trinajstić information content (AvgIpc) is 2.20. The fraction of sp³-hybridized carbons (Fsp3) is 0.385. The number of aromatic hydroxyl groups is 1. The number of phenolic OH excluding ortho intramolecular Hbond substituents is 1. The van der Waals surface area contributed by atoms with E-state index in [1.54, 1.807) is 12.1 Å². The molecule has 0 radical (unpaired) electrons. The van der Waals surface area contributed by atoms with Gasteiger partial charge in [-0.25, -0.2) is 0 Å². The molecule has 0 heterocycles. The number of Topliss-reactive ketones (excluding diaryl/α,β-unsaturated/α-hetero) is 1. The van der Waals surface area contributed by atoms with Gasteiger partial charge >= 0.3 is 5.97 Å². The van der Waals surface area contributed by atoms with Crippen LogP contribution in [0.25, 0.3) is 0 Å². The Morgan fingerprint density at radius 3 is 2.82 bits per heavy atom. The number of ketones is 1. The average molecular weight is 234 g/mol. The minimum Gasteiger partial charge on any atom is -0.507 e. The van der Waals surface area contributed by atoms with Gasteiger partial charge in [0.25, 0.3) is 0 Å². The SMILES string of the molecule is CC(=O)OC1CCC(=O)c2c(O)cc(C)cc21. The monoisotopic (exact) mass is 234 g/mol. The van der Waals surface area contributed by atoms with Crippen molar-refractivity contribution in [3.63, 3.8) is 0 Å². The van der Waals surface area contributed by atoms with E-state index in [0.29, 0.717) is 24.0 Å². The zero-order valence-corrected chi connectivity index (χ0v) is 9.82. The second-order valence-corrected chi connectivity index (χ2v) is 4.31. The van der Waals surface area contributed by atoms with Crippen molar-refractivity contribution in [2.24, 2.45) is 0 Å². The summed E-state index contributed by atoms with van der Waals surface area (Å²) >= 11 is 0. The van der Waals surface area contributed by atoms with Gasteiger partial charge in [-0.2, -0.15) is 0 Å². The first kappa shape index (κ1) is 11.6. The lowest BCUT2D eigenvalue weighted by molar-refractivity contribution is -0.147. The highest BCUT2D eigenvalue weighted by atomic mass is 16.5. The molecule has 4 heteroatoms. The quantitative estimate of drug-likeness (QED) is 0.757. The summed E-state index contributed by atoms with van der Waals surface area (Å²) in [6, 6.07) is 3.34. The summed E-state index contributed by atoms with van der Waals surface area (Å²) in [4.78, 5) is 22.8. The highest BCUT2D eigenvalue weighted by molar-refractivity contribution is 6.01. The number of rotatable bonds is 1. The first-order valence-corrected chi connectivity index (χ1v) is 5.53. The maximum Gasteiger partial charge on any atom is 0.303 e. The third-order valence-corrected chi connectivity index (χ3v) is 2.86. The van der Waals surface area contributed by atoms with Gasteiger partial charge in [-0.3, -0.25) is 9.59 Å². The predicted molar refractivity (Wildman–Crippen MR) is 60.9 cm³/mol. The lowest BCUT2D eigenvalue weighted by Crippen LogP contribution is -2.19. The molecule has 0 bridgehead atoms. The molecule has 1 aromatic carbocycles. The second kappa shape index (κ2) is 4.20. The molecule has 1 unspecified atom stereocenters. The van der Waals surface area contributed by atoms with Gasteiger partial charge in [-0.05, 0) is 25.0 Å². The molecule has 4 nitrogen and oxygen atoms in total. The van der Waals surface area contributed by atoms with E-state index in [9.17, 15) is 14.7 Å². The Kier molecular flexibility index (Phi) is 2.88. The topological polar surface area (TPSA) is 63.6 Å². The molecule has 1 atom stereocenters. The Morgan fingerprint density at radius 2 is 2.18 bits per heavy atom. The molecular formula is C13H14O4. The van der Waals surface area contributed by atoms with Gasteiger partial charge in [-0.1, -0.05) is 6.07 Å². The fourth-order valence-corrected chi connectivity index (χ4v) is 2.22. The fourth-order valence-electron chi connectivity index (χ4n) is 2.22. The van der Waals surface area contributed by atoms with Crippen LogP contribution < -0.4 is 0 Å². The molecule has 90 valence electrons. The van der Waals surface area contributed by atoms with Crippen LogP contribution in [0.2, 0.25) is 0 Å². The lowest BCUT2D eigenvalue weighted by atomic mass is 9.86. The molecule has 0 fully saturated rings. The summed E-state index contributed by atoms with van der Waals surface area (Å²) in [5, 5.41) is 9.80.